The van der Waals surface area contributed by atoms with Crippen molar-refractivity contribution in [3.8, 4) is 0 Å². The summed E-state index contributed by atoms with van der Waals surface area (Å²) in [5.41, 5.74) is 1.28. The van der Waals surface area contributed by atoms with E-state index in [0.717, 1.165) is 0 Å². The monoisotopic (exact) mass is 276 g/mol. The Labute approximate surface area is 116 Å². The molecule has 0 aliphatic heterocycles. The van der Waals surface area contributed by atoms with Gasteiger partial charge in [0.1, 0.15) is 11.6 Å². The molecule has 0 spiro atoms. The number of rotatable bonds is 4. The smallest absolute Gasteiger partial charge is 0.291 e. The van der Waals surface area contributed by atoms with Crippen LogP contribution >= 0.6 is 0 Å². The summed E-state index contributed by atoms with van der Waals surface area (Å²) < 4.78 is 13.5. The fourth-order valence-electron chi connectivity index (χ4n) is 1.78. The quantitative estimate of drug-likeness (QED) is 0.900. The lowest BCUT2D eigenvalue weighted by atomic mass is 10.1. The van der Waals surface area contributed by atoms with Crippen LogP contribution in [0.25, 0.3) is 0 Å². The Morgan fingerprint density at radius 1 is 1.50 bits per heavy atom. The highest BCUT2D eigenvalue weighted by Gasteiger charge is 2.16. The average Bonchev–Trinajstić information content (AvgIpc) is 2.90. The molecule has 5 nitrogen and oxygen atoms in total. The molecule has 0 saturated carbocycles. The molecule has 1 atom stereocenters. The maximum Gasteiger partial charge on any atom is 0.291 e. The molecular weight excluding hydrogens is 259 g/mol. The lowest BCUT2D eigenvalue weighted by molar-refractivity contribution is 0.0929. The van der Waals surface area contributed by atoms with Gasteiger partial charge in [-0.1, -0.05) is 19.1 Å². The molecular formula is C14H17FN4O. The summed E-state index contributed by atoms with van der Waals surface area (Å²) >= 11 is 0. The molecule has 2 rings (SSSR count). The number of aromatic nitrogens is 3. The van der Waals surface area contributed by atoms with Crippen LogP contribution in [0.4, 0.5) is 4.39 Å². The highest BCUT2D eigenvalue weighted by molar-refractivity contribution is 5.90. The molecule has 0 radical (unpaired) electrons. The van der Waals surface area contributed by atoms with Gasteiger partial charge in [-0.25, -0.2) is 9.37 Å². The second kappa shape index (κ2) is 5.81. The van der Waals surface area contributed by atoms with Crippen molar-refractivity contribution in [2.45, 2.75) is 33.2 Å². The molecule has 0 bridgehead atoms. The molecule has 106 valence electrons. The van der Waals surface area contributed by atoms with Crippen molar-refractivity contribution >= 4 is 5.91 Å². The average molecular weight is 276 g/mol. The van der Waals surface area contributed by atoms with Gasteiger partial charge in [-0.3, -0.25) is 9.89 Å². The number of halogens is 1. The highest BCUT2D eigenvalue weighted by atomic mass is 19.1. The third kappa shape index (κ3) is 3.01. The van der Waals surface area contributed by atoms with Crippen molar-refractivity contribution in [2.75, 3.05) is 0 Å². The Balaban J connectivity index is 2.08. The topological polar surface area (TPSA) is 70.7 Å². The van der Waals surface area contributed by atoms with E-state index in [1.807, 2.05) is 6.92 Å². The minimum Gasteiger partial charge on any atom is -0.343 e. The molecule has 2 N–H and O–H groups in total. The Hall–Kier alpha value is -2.24. The summed E-state index contributed by atoms with van der Waals surface area (Å²) in [5.74, 6) is 0.0923. The first-order valence-corrected chi connectivity index (χ1v) is 6.49. The molecule has 1 unspecified atom stereocenters. The Kier molecular flexibility index (Phi) is 4.12. The number of hydrogen-bond acceptors (Lipinski definition) is 3. The fraction of sp³-hybridized carbons (Fsp3) is 0.357. The van der Waals surface area contributed by atoms with E-state index in [9.17, 15) is 9.18 Å². The molecule has 20 heavy (non-hydrogen) atoms. The van der Waals surface area contributed by atoms with E-state index in [0.29, 0.717) is 23.4 Å². The number of amides is 1. The minimum atomic E-state index is -0.380. The van der Waals surface area contributed by atoms with Crippen molar-refractivity contribution in [3.63, 3.8) is 0 Å². The number of nitrogens with zero attached hydrogens (tertiary/aromatic N) is 2. The van der Waals surface area contributed by atoms with Gasteiger partial charge in [0.15, 0.2) is 0 Å². The summed E-state index contributed by atoms with van der Waals surface area (Å²) in [6.45, 7) is 5.40. The van der Waals surface area contributed by atoms with Crippen LogP contribution in [0.15, 0.2) is 18.2 Å². The van der Waals surface area contributed by atoms with E-state index in [1.165, 1.54) is 6.07 Å². The molecule has 1 aromatic carbocycles. The number of hydrogen-bond donors (Lipinski definition) is 2. The number of aromatic amines is 1. The van der Waals surface area contributed by atoms with Crippen LogP contribution in [0.1, 0.15) is 47.5 Å². The fourth-order valence-corrected chi connectivity index (χ4v) is 1.78. The zero-order valence-corrected chi connectivity index (χ0v) is 11.7. The second-order valence-corrected chi connectivity index (χ2v) is 4.66. The normalized spacial score (nSPS) is 12.2. The molecule has 0 aliphatic carbocycles. The molecule has 0 aliphatic rings. The molecule has 1 aromatic heterocycles. The Bertz CT molecular complexity index is 623. The van der Waals surface area contributed by atoms with Crippen molar-refractivity contribution < 1.29 is 9.18 Å². The number of H-pyrrole nitrogens is 1. The number of carbonyl (C=O) groups excluding carboxylic acids is 1. The predicted octanol–water partition coefficient (Wildman–Crippen LogP) is 2.31. The van der Waals surface area contributed by atoms with Crippen LogP contribution in [0, 0.1) is 12.7 Å². The molecule has 2 aromatic rings. The zero-order chi connectivity index (χ0) is 14.7. The van der Waals surface area contributed by atoms with Gasteiger partial charge < -0.3 is 5.32 Å². The van der Waals surface area contributed by atoms with E-state index < -0.39 is 0 Å². The van der Waals surface area contributed by atoms with Gasteiger partial charge in [0, 0.05) is 6.42 Å². The van der Waals surface area contributed by atoms with Crippen LogP contribution < -0.4 is 5.32 Å². The largest absolute Gasteiger partial charge is 0.343 e. The van der Waals surface area contributed by atoms with Crippen LogP contribution in [0.5, 0.6) is 0 Å². The van der Waals surface area contributed by atoms with E-state index in [1.54, 1.807) is 26.0 Å². The molecule has 0 fully saturated rings. The maximum absolute atomic E-state index is 13.5. The minimum absolute atomic E-state index is 0.0984. The van der Waals surface area contributed by atoms with E-state index in [4.69, 9.17) is 0 Å². The third-order valence-electron chi connectivity index (χ3n) is 3.11. The first-order valence-electron chi connectivity index (χ1n) is 6.49. The number of carbonyl (C=O) groups is 1. The van der Waals surface area contributed by atoms with Crippen molar-refractivity contribution in [3.05, 3.63) is 46.8 Å². The van der Waals surface area contributed by atoms with E-state index >= 15 is 0 Å². The summed E-state index contributed by atoms with van der Waals surface area (Å²) in [4.78, 5) is 16.0. The predicted molar refractivity (Wildman–Crippen MR) is 72.8 cm³/mol. The standard InChI is InChI=1S/C14H17FN4O/c1-4-12-17-13(19-18-12)14(20)16-9(3)10-6-5-8(2)11(15)7-10/h5-7,9H,4H2,1-3H3,(H,16,20)(H,17,18,19). The molecule has 6 heteroatoms. The van der Waals surface area contributed by atoms with Crippen LogP contribution in [0.2, 0.25) is 0 Å². The summed E-state index contributed by atoms with van der Waals surface area (Å²) in [6, 6.07) is 4.59. The van der Waals surface area contributed by atoms with Gasteiger partial charge in [-0.15, -0.1) is 5.10 Å². The van der Waals surface area contributed by atoms with Crippen LogP contribution in [0.3, 0.4) is 0 Å². The molecule has 1 amide bonds. The summed E-state index contributed by atoms with van der Waals surface area (Å²) in [5, 5.41) is 9.27. The van der Waals surface area contributed by atoms with Gasteiger partial charge >= 0.3 is 0 Å². The lowest BCUT2D eigenvalue weighted by Gasteiger charge is -2.13. The summed E-state index contributed by atoms with van der Waals surface area (Å²) in [6.07, 6.45) is 0.680. The third-order valence-corrected chi connectivity index (χ3v) is 3.11. The zero-order valence-electron chi connectivity index (χ0n) is 11.7. The van der Waals surface area contributed by atoms with Crippen molar-refractivity contribution in [1.29, 1.82) is 0 Å². The number of nitrogens with one attached hydrogen (secondary N) is 2. The van der Waals surface area contributed by atoms with E-state index in [-0.39, 0.29) is 23.6 Å². The van der Waals surface area contributed by atoms with Gasteiger partial charge in [-0.05, 0) is 31.0 Å². The van der Waals surface area contributed by atoms with Gasteiger partial charge in [0.05, 0.1) is 6.04 Å². The van der Waals surface area contributed by atoms with Gasteiger partial charge in [0.2, 0.25) is 5.82 Å². The number of aryl methyl sites for hydroxylation is 2. The van der Waals surface area contributed by atoms with Gasteiger partial charge in [-0.2, -0.15) is 0 Å². The first kappa shape index (κ1) is 14.2. The molecule has 1 heterocycles. The van der Waals surface area contributed by atoms with Crippen LogP contribution in [-0.2, 0) is 6.42 Å². The summed E-state index contributed by atoms with van der Waals surface area (Å²) in [7, 11) is 0. The SMILES string of the molecule is CCc1nc(C(=O)NC(C)c2ccc(C)c(F)c2)n[nH]1. The lowest BCUT2D eigenvalue weighted by Crippen LogP contribution is -2.27. The van der Waals surface area contributed by atoms with E-state index in [2.05, 4.69) is 20.5 Å². The Morgan fingerprint density at radius 2 is 2.25 bits per heavy atom. The van der Waals surface area contributed by atoms with Crippen LogP contribution in [-0.4, -0.2) is 21.1 Å². The van der Waals surface area contributed by atoms with Gasteiger partial charge in [0.25, 0.3) is 5.91 Å². The molecule has 0 saturated heterocycles. The highest BCUT2D eigenvalue weighted by Crippen LogP contribution is 2.16. The van der Waals surface area contributed by atoms with Crippen molar-refractivity contribution in [2.24, 2.45) is 0 Å². The van der Waals surface area contributed by atoms with Crippen molar-refractivity contribution in [1.82, 2.24) is 20.5 Å². The first-order chi connectivity index (χ1) is 9.51. The Morgan fingerprint density at radius 3 is 2.85 bits per heavy atom. The second-order valence-electron chi connectivity index (χ2n) is 4.66. The number of benzene rings is 1. The maximum atomic E-state index is 13.5.